The Kier molecular flexibility index (Phi) is 5.99. The van der Waals surface area contributed by atoms with Gasteiger partial charge in [0.15, 0.2) is 0 Å². The quantitative estimate of drug-likeness (QED) is 0.801. The van der Waals surface area contributed by atoms with E-state index in [4.69, 9.17) is 9.47 Å². The summed E-state index contributed by atoms with van der Waals surface area (Å²) in [6.07, 6.45) is 1.70. The van der Waals surface area contributed by atoms with Gasteiger partial charge in [0, 0.05) is 6.61 Å². The van der Waals surface area contributed by atoms with E-state index in [1.807, 2.05) is 34.6 Å². The van der Waals surface area contributed by atoms with Crippen molar-refractivity contribution >= 4 is 11.9 Å². The zero-order chi connectivity index (χ0) is 15.3. The van der Waals surface area contributed by atoms with Gasteiger partial charge in [0.1, 0.15) is 11.6 Å². The molecule has 0 bridgehead atoms. The molecule has 1 saturated heterocycles. The average molecular weight is 285 g/mol. The van der Waals surface area contributed by atoms with Crippen molar-refractivity contribution in [3.05, 3.63) is 0 Å². The van der Waals surface area contributed by atoms with E-state index in [2.05, 4.69) is 5.32 Å². The van der Waals surface area contributed by atoms with Gasteiger partial charge in [-0.2, -0.15) is 0 Å². The molecule has 1 N–H and O–H groups in total. The molecule has 116 valence electrons. The normalized spacial score (nSPS) is 21.4. The number of esters is 1. The van der Waals surface area contributed by atoms with Crippen molar-refractivity contribution < 1.29 is 19.1 Å². The maximum atomic E-state index is 12.2. The van der Waals surface area contributed by atoms with Crippen LogP contribution in [0.25, 0.3) is 0 Å². The van der Waals surface area contributed by atoms with Gasteiger partial charge < -0.3 is 14.8 Å². The average Bonchev–Trinajstić information content (AvgIpc) is 2.34. The first-order chi connectivity index (χ1) is 9.20. The summed E-state index contributed by atoms with van der Waals surface area (Å²) in [5.74, 6) is -0.669. The zero-order valence-electron chi connectivity index (χ0n) is 13.2. The van der Waals surface area contributed by atoms with Crippen molar-refractivity contribution in [2.45, 2.75) is 59.1 Å². The lowest BCUT2D eigenvalue weighted by molar-refractivity contribution is -0.160. The van der Waals surface area contributed by atoms with Crippen LogP contribution in [0.15, 0.2) is 0 Å². The van der Waals surface area contributed by atoms with E-state index in [9.17, 15) is 9.59 Å². The molecule has 5 nitrogen and oxygen atoms in total. The van der Waals surface area contributed by atoms with E-state index in [1.165, 1.54) is 0 Å². The van der Waals surface area contributed by atoms with Crippen LogP contribution in [0.4, 0.5) is 0 Å². The molecule has 0 aliphatic carbocycles. The maximum Gasteiger partial charge on any atom is 0.329 e. The maximum absolute atomic E-state index is 12.2. The van der Waals surface area contributed by atoms with Gasteiger partial charge in [0.2, 0.25) is 5.91 Å². The molecule has 1 aliphatic rings. The van der Waals surface area contributed by atoms with Gasteiger partial charge in [0.05, 0.1) is 12.5 Å². The van der Waals surface area contributed by atoms with E-state index < -0.39 is 11.6 Å². The summed E-state index contributed by atoms with van der Waals surface area (Å²) in [5.41, 5.74) is -0.553. The fraction of sp³-hybridized carbons (Fsp3) is 0.867. The molecule has 1 amide bonds. The van der Waals surface area contributed by atoms with Crippen LogP contribution >= 0.6 is 0 Å². The molecule has 1 heterocycles. The molecule has 0 aromatic carbocycles. The van der Waals surface area contributed by atoms with E-state index in [0.717, 1.165) is 12.8 Å². The Morgan fingerprint density at radius 3 is 2.40 bits per heavy atom. The molecule has 0 spiro atoms. The molecule has 0 radical (unpaired) electrons. The molecule has 5 heteroatoms. The second-order valence-corrected chi connectivity index (χ2v) is 6.68. The third kappa shape index (κ3) is 5.49. The van der Waals surface area contributed by atoms with Gasteiger partial charge in [-0.3, -0.25) is 4.79 Å². The largest absolute Gasteiger partial charge is 0.458 e. The summed E-state index contributed by atoms with van der Waals surface area (Å²) < 4.78 is 10.7. The molecule has 0 saturated carbocycles. The third-order valence-corrected chi connectivity index (χ3v) is 3.16. The van der Waals surface area contributed by atoms with Gasteiger partial charge in [-0.1, -0.05) is 13.8 Å². The van der Waals surface area contributed by atoms with Gasteiger partial charge >= 0.3 is 5.97 Å². The number of nitrogens with one attached hydrogen (secondary N) is 1. The predicted molar refractivity (Wildman–Crippen MR) is 76.2 cm³/mol. The summed E-state index contributed by atoms with van der Waals surface area (Å²) in [4.78, 5) is 24.3. The van der Waals surface area contributed by atoms with Crippen molar-refractivity contribution in [3.63, 3.8) is 0 Å². The minimum Gasteiger partial charge on any atom is -0.458 e. The first-order valence-corrected chi connectivity index (χ1v) is 7.31. The van der Waals surface area contributed by atoms with Crippen LogP contribution in [0.5, 0.6) is 0 Å². The van der Waals surface area contributed by atoms with Crippen LogP contribution in [0.3, 0.4) is 0 Å². The highest BCUT2D eigenvalue weighted by Gasteiger charge is 2.31. The molecule has 0 aromatic heterocycles. The molecule has 1 fully saturated rings. The number of rotatable bonds is 4. The SMILES string of the molecule is CC(C)[C@H](NC(=O)C1CCCOC1)C(=O)OC(C)(C)C. The highest BCUT2D eigenvalue weighted by atomic mass is 16.6. The Hall–Kier alpha value is -1.10. The minimum atomic E-state index is -0.608. The number of carbonyl (C=O) groups excluding carboxylic acids is 2. The molecule has 1 unspecified atom stereocenters. The Morgan fingerprint density at radius 2 is 1.95 bits per heavy atom. The Bertz CT molecular complexity index is 340. The fourth-order valence-electron chi connectivity index (χ4n) is 2.08. The van der Waals surface area contributed by atoms with Gasteiger partial charge in [0.25, 0.3) is 0 Å². The van der Waals surface area contributed by atoms with Crippen LogP contribution in [-0.4, -0.2) is 36.7 Å². The Labute approximate surface area is 121 Å². The lowest BCUT2D eigenvalue weighted by Crippen LogP contribution is -2.50. The molecule has 2 atom stereocenters. The molecule has 0 aromatic rings. The van der Waals surface area contributed by atoms with Crippen molar-refractivity contribution in [1.29, 1.82) is 0 Å². The zero-order valence-corrected chi connectivity index (χ0v) is 13.2. The Morgan fingerprint density at radius 1 is 1.30 bits per heavy atom. The van der Waals surface area contributed by atoms with E-state index in [0.29, 0.717) is 13.2 Å². The number of ether oxygens (including phenoxy) is 2. The number of hydrogen-bond donors (Lipinski definition) is 1. The highest BCUT2D eigenvalue weighted by molar-refractivity contribution is 5.86. The molecule has 1 aliphatic heterocycles. The summed E-state index contributed by atoms with van der Waals surface area (Å²) in [6.45, 7) is 10.4. The van der Waals surface area contributed by atoms with E-state index in [-0.39, 0.29) is 23.7 Å². The highest BCUT2D eigenvalue weighted by Crippen LogP contribution is 2.16. The summed E-state index contributed by atoms with van der Waals surface area (Å²) in [7, 11) is 0. The third-order valence-electron chi connectivity index (χ3n) is 3.16. The second kappa shape index (κ2) is 7.07. The topological polar surface area (TPSA) is 64.6 Å². The van der Waals surface area contributed by atoms with Crippen LogP contribution in [0, 0.1) is 11.8 Å². The standard InChI is InChI=1S/C15H27NO4/c1-10(2)12(14(18)20-15(3,4)5)16-13(17)11-7-6-8-19-9-11/h10-12H,6-9H2,1-5H3,(H,16,17)/t11?,12-/m0/s1. The van der Waals surface area contributed by atoms with Gasteiger partial charge in [-0.05, 0) is 39.5 Å². The van der Waals surface area contributed by atoms with Crippen molar-refractivity contribution in [1.82, 2.24) is 5.32 Å². The monoisotopic (exact) mass is 285 g/mol. The smallest absolute Gasteiger partial charge is 0.329 e. The van der Waals surface area contributed by atoms with Crippen molar-refractivity contribution in [2.75, 3.05) is 13.2 Å². The molecular formula is C15H27NO4. The first kappa shape index (κ1) is 17.0. The lowest BCUT2D eigenvalue weighted by Gasteiger charge is -2.28. The predicted octanol–water partition coefficient (Wildman–Crippen LogP) is 1.90. The summed E-state index contributed by atoms with van der Waals surface area (Å²) in [5, 5.41) is 2.82. The second-order valence-electron chi connectivity index (χ2n) is 6.68. The molecule has 1 rings (SSSR count). The van der Waals surface area contributed by atoms with E-state index in [1.54, 1.807) is 0 Å². The molecule has 20 heavy (non-hydrogen) atoms. The fourth-order valence-corrected chi connectivity index (χ4v) is 2.08. The lowest BCUT2D eigenvalue weighted by atomic mass is 9.98. The van der Waals surface area contributed by atoms with Crippen LogP contribution in [0.2, 0.25) is 0 Å². The van der Waals surface area contributed by atoms with Crippen LogP contribution in [0.1, 0.15) is 47.5 Å². The summed E-state index contributed by atoms with van der Waals surface area (Å²) >= 11 is 0. The number of carbonyl (C=O) groups is 2. The van der Waals surface area contributed by atoms with Gasteiger partial charge in [-0.25, -0.2) is 4.79 Å². The number of hydrogen-bond acceptors (Lipinski definition) is 4. The van der Waals surface area contributed by atoms with Gasteiger partial charge in [-0.15, -0.1) is 0 Å². The van der Waals surface area contributed by atoms with Crippen LogP contribution in [-0.2, 0) is 19.1 Å². The van der Waals surface area contributed by atoms with E-state index >= 15 is 0 Å². The minimum absolute atomic E-state index is 0.0155. The first-order valence-electron chi connectivity index (χ1n) is 7.31. The summed E-state index contributed by atoms with van der Waals surface area (Å²) in [6, 6.07) is -0.608. The van der Waals surface area contributed by atoms with Crippen molar-refractivity contribution in [2.24, 2.45) is 11.8 Å². The number of amides is 1. The molecular weight excluding hydrogens is 258 g/mol. The van der Waals surface area contributed by atoms with Crippen molar-refractivity contribution in [3.8, 4) is 0 Å². The van der Waals surface area contributed by atoms with Crippen LogP contribution < -0.4 is 5.32 Å². The Balaban J connectivity index is 2.62.